The van der Waals surface area contributed by atoms with Crippen LogP contribution in [0.15, 0.2) is 30.3 Å². The molecule has 1 rings (SSSR count). The van der Waals surface area contributed by atoms with Crippen LogP contribution in [0.4, 0.5) is 0 Å². The van der Waals surface area contributed by atoms with Crippen LogP contribution in [0, 0.1) is 5.92 Å². The van der Waals surface area contributed by atoms with Crippen molar-refractivity contribution in [3.63, 3.8) is 0 Å². The maximum absolute atomic E-state index is 12.0. The lowest BCUT2D eigenvalue weighted by atomic mass is 10.0. The molecule has 0 aliphatic carbocycles. The van der Waals surface area contributed by atoms with Gasteiger partial charge in [0.2, 0.25) is 5.91 Å². The first-order valence-corrected chi connectivity index (χ1v) is 7.21. The Morgan fingerprint density at radius 3 is 2.53 bits per heavy atom. The first-order valence-electron chi connectivity index (χ1n) is 7.21. The van der Waals surface area contributed by atoms with Crippen LogP contribution in [0.25, 0.3) is 0 Å². The second kappa shape index (κ2) is 8.70. The van der Waals surface area contributed by atoms with E-state index in [0.717, 1.165) is 19.3 Å². The van der Waals surface area contributed by atoms with Crippen molar-refractivity contribution in [2.75, 3.05) is 6.54 Å². The lowest BCUT2D eigenvalue weighted by Crippen LogP contribution is -2.28. The number of nitrogens with one attached hydrogen (secondary N) is 1. The van der Waals surface area contributed by atoms with E-state index in [1.54, 1.807) is 0 Å². The van der Waals surface area contributed by atoms with E-state index in [0.29, 0.717) is 18.9 Å². The van der Waals surface area contributed by atoms with Gasteiger partial charge >= 0.3 is 0 Å². The highest BCUT2D eigenvalue weighted by atomic mass is 16.1. The second-order valence-electron chi connectivity index (χ2n) is 5.16. The van der Waals surface area contributed by atoms with E-state index < -0.39 is 0 Å². The molecule has 0 saturated carbocycles. The average molecular weight is 262 g/mol. The summed E-state index contributed by atoms with van der Waals surface area (Å²) in [6.45, 7) is 4.94. The Labute approximate surface area is 116 Å². The van der Waals surface area contributed by atoms with Gasteiger partial charge in [0.1, 0.15) is 0 Å². The van der Waals surface area contributed by atoms with E-state index in [4.69, 9.17) is 5.73 Å². The molecule has 0 heterocycles. The molecule has 3 N–H and O–H groups in total. The van der Waals surface area contributed by atoms with E-state index in [1.165, 1.54) is 5.56 Å². The van der Waals surface area contributed by atoms with Crippen molar-refractivity contribution in [3.05, 3.63) is 35.9 Å². The number of hydrogen-bond donors (Lipinski definition) is 2. The Hall–Kier alpha value is -1.35. The number of hydrogen-bond acceptors (Lipinski definition) is 2. The first-order chi connectivity index (χ1) is 9.17. The highest BCUT2D eigenvalue weighted by Gasteiger charge is 2.13. The zero-order valence-electron chi connectivity index (χ0n) is 12.1. The number of rotatable bonds is 8. The maximum atomic E-state index is 12.0. The fourth-order valence-corrected chi connectivity index (χ4v) is 2.18. The quantitative estimate of drug-likeness (QED) is 0.756. The number of benzene rings is 1. The van der Waals surface area contributed by atoms with E-state index in [-0.39, 0.29) is 11.9 Å². The summed E-state index contributed by atoms with van der Waals surface area (Å²) in [6.07, 6.45) is 3.40. The van der Waals surface area contributed by atoms with Crippen molar-refractivity contribution in [2.24, 2.45) is 11.7 Å². The molecular weight excluding hydrogens is 236 g/mol. The van der Waals surface area contributed by atoms with Crippen LogP contribution < -0.4 is 11.1 Å². The minimum atomic E-state index is 0.124. The third-order valence-corrected chi connectivity index (χ3v) is 3.47. The van der Waals surface area contributed by atoms with Gasteiger partial charge in [0.05, 0.1) is 6.04 Å². The fraction of sp³-hybridized carbons (Fsp3) is 0.562. The Morgan fingerprint density at radius 2 is 1.95 bits per heavy atom. The van der Waals surface area contributed by atoms with Gasteiger partial charge in [-0.2, -0.15) is 0 Å². The van der Waals surface area contributed by atoms with E-state index in [1.807, 2.05) is 18.2 Å². The van der Waals surface area contributed by atoms with E-state index in [2.05, 4.69) is 31.3 Å². The summed E-state index contributed by atoms with van der Waals surface area (Å²) in [7, 11) is 0. The van der Waals surface area contributed by atoms with Crippen molar-refractivity contribution >= 4 is 5.91 Å². The minimum absolute atomic E-state index is 0.124. The Bertz CT molecular complexity index is 364. The third-order valence-electron chi connectivity index (χ3n) is 3.47. The van der Waals surface area contributed by atoms with Crippen LogP contribution >= 0.6 is 0 Å². The summed E-state index contributed by atoms with van der Waals surface area (Å²) in [5.41, 5.74) is 6.69. The molecule has 0 spiro atoms. The normalized spacial score (nSPS) is 13.8. The molecular formula is C16H26N2O. The van der Waals surface area contributed by atoms with Crippen molar-refractivity contribution < 1.29 is 4.79 Å². The van der Waals surface area contributed by atoms with Crippen molar-refractivity contribution in [3.8, 4) is 0 Å². The summed E-state index contributed by atoms with van der Waals surface area (Å²) < 4.78 is 0. The van der Waals surface area contributed by atoms with Crippen molar-refractivity contribution in [2.45, 2.75) is 45.6 Å². The van der Waals surface area contributed by atoms with Gasteiger partial charge in [-0.3, -0.25) is 4.79 Å². The predicted molar refractivity (Wildman–Crippen MR) is 79.7 cm³/mol. The van der Waals surface area contributed by atoms with Gasteiger partial charge in [-0.1, -0.05) is 44.2 Å². The molecule has 0 aliphatic rings. The molecule has 0 fully saturated rings. The molecule has 1 aromatic carbocycles. The lowest BCUT2D eigenvalue weighted by molar-refractivity contribution is -0.122. The van der Waals surface area contributed by atoms with Gasteiger partial charge in [-0.25, -0.2) is 0 Å². The molecule has 3 heteroatoms. The van der Waals surface area contributed by atoms with Crippen LogP contribution in [-0.2, 0) is 4.79 Å². The molecule has 0 saturated heterocycles. The molecule has 0 bridgehead atoms. The van der Waals surface area contributed by atoms with Crippen LogP contribution in [0.3, 0.4) is 0 Å². The smallest absolute Gasteiger partial charge is 0.220 e. The summed E-state index contributed by atoms with van der Waals surface area (Å²) in [5, 5.41) is 3.11. The van der Waals surface area contributed by atoms with Gasteiger partial charge in [0.25, 0.3) is 0 Å². The average Bonchev–Trinajstić information content (AvgIpc) is 2.44. The maximum Gasteiger partial charge on any atom is 0.220 e. The summed E-state index contributed by atoms with van der Waals surface area (Å²) >= 11 is 0. The topological polar surface area (TPSA) is 55.1 Å². The molecule has 19 heavy (non-hydrogen) atoms. The molecule has 2 atom stereocenters. The van der Waals surface area contributed by atoms with E-state index >= 15 is 0 Å². The highest BCUT2D eigenvalue weighted by molar-refractivity contribution is 5.76. The van der Waals surface area contributed by atoms with Crippen molar-refractivity contribution in [1.82, 2.24) is 5.32 Å². The lowest BCUT2D eigenvalue weighted by Gasteiger charge is -2.18. The van der Waals surface area contributed by atoms with Crippen LogP contribution in [0.1, 0.15) is 51.1 Å². The molecule has 2 unspecified atom stereocenters. The molecule has 0 radical (unpaired) electrons. The summed E-state index contributed by atoms with van der Waals surface area (Å²) in [4.78, 5) is 12.0. The van der Waals surface area contributed by atoms with Gasteiger partial charge < -0.3 is 11.1 Å². The Kier molecular flexibility index (Phi) is 7.19. The molecule has 3 nitrogen and oxygen atoms in total. The molecule has 0 aromatic heterocycles. The molecule has 1 amide bonds. The fourth-order valence-electron chi connectivity index (χ4n) is 2.18. The Balaban J connectivity index is 2.41. The van der Waals surface area contributed by atoms with Gasteiger partial charge in [0.15, 0.2) is 0 Å². The monoisotopic (exact) mass is 262 g/mol. The third kappa shape index (κ3) is 5.88. The zero-order chi connectivity index (χ0) is 14.1. The molecule has 1 aromatic rings. The minimum Gasteiger partial charge on any atom is -0.349 e. The number of carbonyl (C=O) groups excluding carboxylic acids is 1. The molecule has 0 aliphatic heterocycles. The van der Waals surface area contributed by atoms with E-state index in [9.17, 15) is 4.79 Å². The van der Waals surface area contributed by atoms with Crippen LogP contribution in [-0.4, -0.2) is 12.5 Å². The second-order valence-corrected chi connectivity index (χ2v) is 5.16. The number of amides is 1. The molecule has 106 valence electrons. The van der Waals surface area contributed by atoms with Gasteiger partial charge in [-0.05, 0) is 37.3 Å². The number of nitrogens with two attached hydrogens (primary N) is 1. The number of carbonyl (C=O) groups is 1. The van der Waals surface area contributed by atoms with Crippen LogP contribution in [0.5, 0.6) is 0 Å². The SMILES string of the molecule is CCC(NC(=O)CCC(C)CCN)c1ccccc1. The zero-order valence-corrected chi connectivity index (χ0v) is 12.1. The largest absolute Gasteiger partial charge is 0.349 e. The van der Waals surface area contributed by atoms with Gasteiger partial charge in [0, 0.05) is 6.42 Å². The van der Waals surface area contributed by atoms with Crippen LogP contribution in [0.2, 0.25) is 0 Å². The Morgan fingerprint density at radius 1 is 1.26 bits per heavy atom. The standard InChI is InChI=1S/C16H26N2O/c1-3-15(14-7-5-4-6-8-14)18-16(19)10-9-13(2)11-12-17/h4-8,13,15H,3,9-12,17H2,1-2H3,(H,18,19). The summed E-state index contributed by atoms with van der Waals surface area (Å²) in [6, 6.07) is 10.3. The first kappa shape index (κ1) is 15.7. The van der Waals surface area contributed by atoms with Crippen molar-refractivity contribution in [1.29, 1.82) is 0 Å². The highest BCUT2D eigenvalue weighted by Crippen LogP contribution is 2.17. The van der Waals surface area contributed by atoms with Gasteiger partial charge in [-0.15, -0.1) is 0 Å². The summed E-state index contributed by atoms with van der Waals surface area (Å²) in [5.74, 6) is 0.659. The predicted octanol–water partition coefficient (Wildman–Crippen LogP) is 3.02.